The van der Waals surface area contributed by atoms with Crippen molar-refractivity contribution in [3.05, 3.63) is 243 Å². The summed E-state index contributed by atoms with van der Waals surface area (Å²) in [6.07, 6.45) is 0. The van der Waals surface area contributed by atoms with E-state index in [9.17, 15) is 0 Å². The van der Waals surface area contributed by atoms with Crippen molar-refractivity contribution in [2.45, 2.75) is 0 Å². The minimum absolute atomic E-state index is 1.22. The van der Waals surface area contributed by atoms with Crippen LogP contribution in [0.2, 0.25) is 0 Å². The lowest BCUT2D eigenvalue weighted by Gasteiger charge is -2.18. The van der Waals surface area contributed by atoms with Gasteiger partial charge in [0.05, 0.1) is 0 Å². The first-order chi connectivity index (χ1) is 36.7. The van der Waals surface area contributed by atoms with Crippen molar-refractivity contribution in [3.8, 4) is 66.8 Å². The van der Waals surface area contributed by atoms with Gasteiger partial charge in [-0.25, -0.2) is 0 Å². The Morgan fingerprint density at radius 3 is 1.18 bits per heavy atom. The Morgan fingerprint density at radius 2 is 0.554 bits per heavy atom. The van der Waals surface area contributed by atoms with Crippen molar-refractivity contribution < 1.29 is 0 Å². The molecule has 1 aliphatic carbocycles. The van der Waals surface area contributed by atoms with E-state index in [1.165, 1.54) is 185 Å². The summed E-state index contributed by atoms with van der Waals surface area (Å²) in [5.41, 5.74) is 15.3. The van der Waals surface area contributed by atoms with Crippen LogP contribution in [0.4, 0.5) is 0 Å². The second kappa shape index (κ2) is 14.1. The van der Waals surface area contributed by atoms with Crippen LogP contribution in [0, 0.1) is 0 Å². The molecule has 17 aromatic rings. The highest BCUT2D eigenvalue weighted by Crippen LogP contribution is 2.59. The molecule has 17 aromatic carbocycles. The topological polar surface area (TPSA) is 0 Å². The molecule has 0 heteroatoms. The summed E-state index contributed by atoms with van der Waals surface area (Å²) in [4.78, 5) is 0. The molecule has 0 aromatic heterocycles. The molecular formula is C74H40. The Balaban J connectivity index is 1.01. The number of hydrogen-bond donors (Lipinski definition) is 0. The monoisotopic (exact) mass is 928 g/mol. The standard InChI is InChI=1S/C74H40/c1-3-15-41(16-4-1)47-21-9-10-23-49(47)45-27-28-46-40-64-69(50-24-12-11-22-48(50)42-17-5-2-6-18-42)72-59-35-33-55-53-29-31-57-62-37-43-19-7-8-20-44(43)38-63(62)58-32-30-54(65(53)67(57)58)56-34-36-60(70(59)66(55)56)73(72)71-52-26-14-13-25-51(52)68(74(64)71)61(46)39-45/h1-40H. The van der Waals surface area contributed by atoms with Crippen molar-refractivity contribution >= 4 is 118 Å². The van der Waals surface area contributed by atoms with Gasteiger partial charge in [0.25, 0.3) is 0 Å². The molecule has 0 nitrogen and oxygen atoms in total. The third-order valence-corrected chi connectivity index (χ3v) is 17.4. The first kappa shape index (κ1) is 39.0. The van der Waals surface area contributed by atoms with Gasteiger partial charge in [0.1, 0.15) is 0 Å². The maximum atomic E-state index is 2.53. The fourth-order valence-electron chi connectivity index (χ4n) is 14.4. The van der Waals surface area contributed by atoms with Crippen molar-refractivity contribution in [2.75, 3.05) is 0 Å². The molecule has 0 spiro atoms. The van der Waals surface area contributed by atoms with Crippen LogP contribution in [0.15, 0.2) is 243 Å². The molecule has 0 saturated carbocycles. The number of fused-ring (bicyclic) bond motifs is 15. The smallest absolute Gasteiger partial charge is 0.000695 e. The van der Waals surface area contributed by atoms with Gasteiger partial charge in [-0.2, -0.15) is 0 Å². The molecule has 0 heterocycles. The fourth-order valence-corrected chi connectivity index (χ4v) is 14.4. The van der Waals surface area contributed by atoms with Crippen LogP contribution in [0.1, 0.15) is 0 Å². The minimum Gasteiger partial charge on any atom is -0.0622 e. The summed E-state index contributed by atoms with van der Waals surface area (Å²) in [6.45, 7) is 0. The van der Waals surface area contributed by atoms with Gasteiger partial charge in [0, 0.05) is 0 Å². The normalized spacial score (nSPS) is 12.6. The van der Waals surface area contributed by atoms with Gasteiger partial charge in [0.15, 0.2) is 0 Å². The molecule has 0 radical (unpaired) electrons. The average Bonchev–Trinajstić information content (AvgIpc) is 4.15. The first-order valence-corrected chi connectivity index (χ1v) is 26.0. The lowest BCUT2D eigenvalue weighted by Crippen LogP contribution is -1.90. The molecule has 0 aliphatic heterocycles. The van der Waals surface area contributed by atoms with Gasteiger partial charge in [0.2, 0.25) is 0 Å². The Bertz CT molecular complexity index is 5180. The van der Waals surface area contributed by atoms with Gasteiger partial charge in [-0.05, 0) is 210 Å². The Kier molecular flexibility index (Phi) is 7.43. The average molecular weight is 929 g/mol. The van der Waals surface area contributed by atoms with Gasteiger partial charge >= 0.3 is 0 Å². The number of rotatable bonds is 4. The van der Waals surface area contributed by atoms with E-state index in [4.69, 9.17) is 0 Å². The van der Waals surface area contributed by atoms with E-state index in [1.54, 1.807) is 0 Å². The van der Waals surface area contributed by atoms with Crippen LogP contribution in [-0.4, -0.2) is 0 Å². The van der Waals surface area contributed by atoms with Crippen molar-refractivity contribution in [1.29, 1.82) is 0 Å². The van der Waals surface area contributed by atoms with Crippen LogP contribution in [0.3, 0.4) is 0 Å². The molecular weight excluding hydrogens is 889 g/mol. The Hall–Kier alpha value is -9.62. The second-order valence-electron chi connectivity index (χ2n) is 20.9. The molecule has 0 amide bonds. The zero-order valence-electron chi connectivity index (χ0n) is 40.1. The molecule has 1 aliphatic rings. The summed E-state index contributed by atoms with van der Waals surface area (Å²) in [7, 11) is 0. The molecule has 74 heavy (non-hydrogen) atoms. The molecule has 0 saturated heterocycles. The van der Waals surface area contributed by atoms with Crippen LogP contribution >= 0.6 is 0 Å². The van der Waals surface area contributed by atoms with Crippen LogP contribution < -0.4 is 0 Å². The van der Waals surface area contributed by atoms with Crippen molar-refractivity contribution in [2.24, 2.45) is 0 Å². The third kappa shape index (κ3) is 4.88. The summed E-state index contributed by atoms with van der Waals surface area (Å²) in [5.74, 6) is 0. The van der Waals surface area contributed by atoms with E-state index < -0.39 is 0 Å². The van der Waals surface area contributed by atoms with E-state index in [1.807, 2.05) is 0 Å². The van der Waals surface area contributed by atoms with E-state index in [0.29, 0.717) is 0 Å². The molecule has 0 unspecified atom stereocenters. The van der Waals surface area contributed by atoms with E-state index in [2.05, 4.69) is 243 Å². The van der Waals surface area contributed by atoms with Crippen molar-refractivity contribution in [3.63, 3.8) is 0 Å². The summed E-state index contributed by atoms with van der Waals surface area (Å²) >= 11 is 0. The number of hydrogen-bond acceptors (Lipinski definition) is 0. The van der Waals surface area contributed by atoms with Crippen LogP contribution in [0.25, 0.3) is 185 Å². The Labute approximate surface area is 425 Å². The lowest BCUT2D eigenvalue weighted by molar-refractivity contribution is 1.60. The molecule has 336 valence electrons. The predicted octanol–water partition coefficient (Wildman–Crippen LogP) is 21.0. The Morgan fingerprint density at radius 1 is 0.149 bits per heavy atom. The van der Waals surface area contributed by atoms with Crippen LogP contribution in [-0.2, 0) is 0 Å². The number of benzene rings is 15. The van der Waals surface area contributed by atoms with Gasteiger partial charge in [-0.15, -0.1) is 0 Å². The highest BCUT2D eigenvalue weighted by Gasteiger charge is 2.30. The minimum atomic E-state index is 1.22. The van der Waals surface area contributed by atoms with Crippen LogP contribution in [0.5, 0.6) is 0 Å². The maximum Gasteiger partial charge on any atom is -0.000695 e. The van der Waals surface area contributed by atoms with Gasteiger partial charge in [-0.3, -0.25) is 0 Å². The van der Waals surface area contributed by atoms with Gasteiger partial charge in [-0.1, -0.05) is 218 Å². The largest absolute Gasteiger partial charge is 0.0622 e. The fraction of sp³-hybridized carbons (Fsp3) is 0. The van der Waals surface area contributed by atoms with Crippen molar-refractivity contribution in [1.82, 2.24) is 0 Å². The zero-order valence-corrected chi connectivity index (χ0v) is 40.1. The third-order valence-electron chi connectivity index (χ3n) is 17.4. The summed E-state index contributed by atoms with van der Waals surface area (Å²) in [5, 5.41) is 29.2. The molecule has 0 N–H and O–H groups in total. The van der Waals surface area contributed by atoms with E-state index >= 15 is 0 Å². The lowest BCUT2D eigenvalue weighted by atomic mass is 9.85. The molecule has 0 atom stereocenters. The molecule has 0 fully saturated rings. The predicted molar refractivity (Wildman–Crippen MR) is 319 cm³/mol. The second-order valence-corrected chi connectivity index (χ2v) is 20.9. The highest BCUT2D eigenvalue weighted by molar-refractivity contribution is 6.53. The zero-order chi connectivity index (χ0) is 47.9. The maximum absolute atomic E-state index is 2.53. The van der Waals surface area contributed by atoms with E-state index in [0.717, 1.165) is 0 Å². The van der Waals surface area contributed by atoms with Gasteiger partial charge < -0.3 is 0 Å². The summed E-state index contributed by atoms with van der Waals surface area (Å²) < 4.78 is 0. The SMILES string of the molecule is c1ccc(-c2ccccc2-c2ccc3cc4c(-c5ccccc5-c5ccccc5)c5c6ccc7c8ccc9c%10c(ccc(c%11ccc(c6c7%11)c5c5c6ccccc6c(c3c2)c45)c%108)-c2cc3ccccc3cc2-9)cc1. The summed E-state index contributed by atoms with van der Waals surface area (Å²) in [6, 6.07) is 92.1. The molecule has 18 rings (SSSR count). The van der Waals surface area contributed by atoms with E-state index in [-0.39, 0.29) is 0 Å². The molecule has 0 bridgehead atoms. The first-order valence-electron chi connectivity index (χ1n) is 26.0. The highest BCUT2D eigenvalue weighted by atomic mass is 14.3. The quantitative estimate of drug-likeness (QED) is 0.122.